The minimum atomic E-state index is -0.0693. The molecule has 0 aromatic heterocycles. The summed E-state index contributed by atoms with van der Waals surface area (Å²) in [6.45, 7) is 3.93. The van der Waals surface area contributed by atoms with E-state index in [9.17, 15) is 9.59 Å². The lowest BCUT2D eigenvalue weighted by Gasteiger charge is -2.29. The molecule has 0 atom stereocenters. The maximum Gasteiger partial charge on any atom is 0.229 e. The average molecular weight is 400 g/mol. The van der Waals surface area contributed by atoms with Crippen molar-refractivity contribution in [1.82, 2.24) is 15.1 Å². The van der Waals surface area contributed by atoms with Gasteiger partial charge in [0, 0.05) is 65.3 Å². The number of anilines is 1. The van der Waals surface area contributed by atoms with Gasteiger partial charge in [-0.1, -0.05) is 12.1 Å². The molecule has 2 fully saturated rings. The summed E-state index contributed by atoms with van der Waals surface area (Å²) < 4.78 is 0. The maximum absolute atomic E-state index is 11.9. The molecule has 1 aromatic carbocycles. The van der Waals surface area contributed by atoms with Gasteiger partial charge in [0.15, 0.2) is 5.96 Å². The van der Waals surface area contributed by atoms with Crippen LogP contribution < -0.4 is 10.2 Å². The Bertz CT molecular complexity index is 709. The number of hydrogen-bond acceptors (Lipinski definition) is 4. The Kier molecular flexibility index (Phi) is 7.49. The van der Waals surface area contributed by atoms with Crippen LogP contribution >= 0.6 is 0 Å². The van der Waals surface area contributed by atoms with Crippen molar-refractivity contribution >= 4 is 23.5 Å². The van der Waals surface area contributed by atoms with E-state index in [0.717, 1.165) is 25.6 Å². The number of piperidine rings is 2. The number of nitrogens with zero attached hydrogens (tertiary/aromatic N) is 4. The highest BCUT2D eigenvalue weighted by Crippen LogP contribution is 2.20. The first kappa shape index (κ1) is 21.1. The van der Waals surface area contributed by atoms with E-state index in [1.807, 2.05) is 7.05 Å². The van der Waals surface area contributed by atoms with Crippen LogP contribution in [0.4, 0.5) is 5.69 Å². The van der Waals surface area contributed by atoms with Crippen LogP contribution in [0.5, 0.6) is 0 Å². The molecule has 1 aromatic rings. The van der Waals surface area contributed by atoms with Crippen LogP contribution in [0.25, 0.3) is 0 Å². The number of guanidine groups is 1. The van der Waals surface area contributed by atoms with Crippen LogP contribution in [0, 0.1) is 0 Å². The van der Waals surface area contributed by atoms with E-state index in [-0.39, 0.29) is 11.8 Å². The third-order valence-corrected chi connectivity index (χ3v) is 5.65. The van der Waals surface area contributed by atoms with Gasteiger partial charge in [-0.25, -0.2) is 0 Å². The zero-order chi connectivity index (χ0) is 20.6. The lowest BCUT2D eigenvalue weighted by atomic mass is 10.1. The summed E-state index contributed by atoms with van der Waals surface area (Å²) in [7, 11) is 3.74. The predicted octanol–water partition coefficient (Wildman–Crippen LogP) is 2.22. The van der Waals surface area contributed by atoms with Crippen molar-refractivity contribution in [3.8, 4) is 0 Å². The molecule has 0 aliphatic carbocycles. The van der Waals surface area contributed by atoms with Gasteiger partial charge in [0.25, 0.3) is 0 Å². The molecule has 2 aliphatic heterocycles. The lowest BCUT2D eigenvalue weighted by molar-refractivity contribution is -0.147. The third-order valence-electron chi connectivity index (χ3n) is 5.65. The number of aliphatic imine (C=N–C) groups is 1. The quantitative estimate of drug-likeness (QED) is 0.451. The number of imide groups is 1. The summed E-state index contributed by atoms with van der Waals surface area (Å²) in [5.41, 5.74) is 2.52. The van der Waals surface area contributed by atoms with Crippen molar-refractivity contribution in [2.75, 3.05) is 45.2 Å². The molecule has 29 heavy (non-hydrogen) atoms. The number of hydrogen-bond donors (Lipinski definition) is 1. The Labute approximate surface area is 173 Å². The molecule has 7 nitrogen and oxygen atoms in total. The van der Waals surface area contributed by atoms with Crippen LogP contribution in [0.15, 0.2) is 29.3 Å². The van der Waals surface area contributed by atoms with Crippen LogP contribution in [0.1, 0.15) is 44.1 Å². The van der Waals surface area contributed by atoms with E-state index in [1.165, 1.54) is 35.4 Å². The second-order valence-electron chi connectivity index (χ2n) is 7.84. The molecule has 2 heterocycles. The zero-order valence-electron chi connectivity index (χ0n) is 17.7. The van der Waals surface area contributed by atoms with Crippen molar-refractivity contribution in [3.05, 3.63) is 29.8 Å². The molecule has 1 N–H and O–H groups in total. The number of benzene rings is 1. The second-order valence-corrected chi connectivity index (χ2v) is 7.84. The Morgan fingerprint density at radius 3 is 2.31 bits per heavy atom. The summed E-state index contributed by atoms with van der Waals surface area (Å²) in [4.78, 5) is 34.0. The summed E-state index contributed by atoms with van der Waals surface area (Å²) in [6, 6.07) is 8.77. The monoisotopic (exact) mass is 399 g/mol. The Hall–Kier alpha value is -2.57. The van der Waals surface area contributed by atoms with Crippen molar-refractivity contribution in [1.29, 1.82) is 0 Å². The first-order valence-electron chi connectivity index (χ1n) is 10.7. The van der Waals surface area contributed by atoms with Gasteiger partial charge in [-0.05, 0) is 43.4 Å². The second kappa shape index (κ2) is 10.3. The van der Waals surface area contributed by atoms with Crippen LogP contribution in [0.3, 0.4) is 0 Å². The van der Waals surface area contributed by atoms with Crippen LogP contribution in [0.2, 0.25) is 0 Å². The molecule has 0 spiro atoms. The first-order valence-corrected chi connectivity index (χ1v) is 10.7. The summed E-state index contributed by atoms with van der Waals surface area (Å²) in [5, 5.41) is 3.26. The largest absolute Gasteiger partial charge is 0.372 e. The number of nitrogens with one attached hydrogen (secondary N) is 1. The lowest BCUT2D eigenvalue weighted by Crippen LogP contribution is -2.46. The maximum atomic E-state index is 11.9. The minimum absolute atomic E-state index is 0.0693. The zero-order valence-corrected chi connectivity index (χ0v) is 17.7. The van der Waals surface area contributed by atoms with Gasteiger partial charge >= 0.3 is 0 Å². The van der Waals surface area contributed by atoms with E-state index in [1.54, 1.807) is 7.05 Å². The molecule has 2 saturated heterocycles. The van der Waals surface area contributed by atoms with Crippen molar-refractivity contribution in [3.63, 3.8) is 0 Å². The van der Waals surface area contributed by atoms with Gasteiger partial charge < -0.3 is 15.1 Å². The summed E-state index contributed by atoms with van der Waals surface area (Å²) in [6.07, 6.45) is 5.50. The Balaban J connectivity index is 1.48. The highest BCUT2D eigenvalue weighted by molar-refractivity contribution is 5.97. The van der Waals surface area contributed by atoms with Crippen molar-refractivity contribution in [2.45, 2.75) is 45.1 Å². The molecular formula is C22H33N5O2. The number of carbonyl (C=O) groups is 2. The molecule has 3 rings (SSSR count). The average Bonchev–Trinajstić information content (AvgIpc) is 2.74. The fourth-order valence-corrected chi connectivity index (χ4v) is 4.03. The van der Waals surface area contributed by atoms with Crippen molar-refractivity contribution < 1.29 is 9.59 Å². The van der Waals surface area contributed by atoms with E-state index in [0.29, 0.717) is 32.4 Å². The standard InChI is InChI=1S/C22H33N5O2/c1-23-22(24-13-16-27-20(28)7-6-8-21(27)29)25(2)17-18-9-11-19(12-10-18)26-14-4-3-5-15-26/h9-12H,3-8,13-17H2,1-2H3,(H,23,24). The highest BCUT2D eigenvalue weighted by atomic mass is 16.2. The Morgan fingerprint density at radius 1 is 1.03 bits per heavy atom. The molecule has 2 aliphatic rings. The predicted molar refractivity (Wildman–Crippen MR) is 116 cm³/mol. The third kappa shape index (κ3) is 5.71. The van der Waals surface area contributed by atoms with Gasteiger partial charge in [0.1, 0.15) is 0 Å². The fraction of sp³-hybridized carbons (Fsp3) is 0.591. The molecule has 0 saturated carbocycles. The molecule has 0 bridgehead atoms. The van der Waals surface area contributed by atoms with Gasteiger partial charge in [0.2, 0.25) is 11.8 Å². The summed E-state index contributed by atoms with van der Waals surface area (Å²) >= 11 is 0. The molecule has 158 valence electrons. The molecule has 0 unspecified atom stereocenters. The molecule has 0 radical (unpaired) electrons. The van der Waals surface area contributed by atoms with Crippen LogP contribution in [-0.4, -0.2) is 67.8 Å². The van der Waals surface area contributed by atoms with Crippen molar-refractivity contribution in [2.24, 2.45) is 4.99 Å². The van der Waals surface area contributed by atoms with E-state index < -0.39 is 0 Å². The topological polar surface area (TPSA) is 68.2 Å². The SMILES string of the molecule is CN=C(NCCN1C(=O)CCCC1=O)N(C)Cc1ccc(N2CCCCC2)cc1. The molecule has 2 amide bonds. The van der Waals surface area contributed by atoms with Gasteiger partial charge in [-0.2, -0.15) is 0 Å². The fourth-order valence-electron chi connectivity index (χ4n) is 4.03. The van der Waals surface area contributed by atoms with Gasteiger partial charge in [-0.15, -0.1) is 0 Å². The summed E-state index contributed by atoms with van der Waals surface area (Å²) in [5.74, 6) is 0.613. The molecule has 7 heteroatoms. The number of rotatable bonds is 6. The minimum Gasteiger partial charge on any atom is -0.372 e. The smallest absolute Gasteiger partial charge is 0.229 e. The van der Waals surface area contributed by atoms with Gasteiger partial charge in [-0.3, -0.25) is 19.5 Å². The number of carbonyl (C=O) groups excluding carboxylic acids is 2. The Morgan fingerprint density at radius 2 is 1.69 bits per heavy atom. The van der Waals surface area contributed by atoms with E-state index in [2.05, 4.69) is 44.4 Å². The van der Waals surface area contributed by atoms with E-state index >= 15 is 0 Å². The number of likely N-dealkylation sites (tertiary alicyclic amines) is 1. The first-order chi connectivity index (χ1) is 14.1. The van der Waals surface area contributed by atoms with Crippen LogP contribution in [-0.2, 0) is 16.1 Å². The normalized spacial score (nSPS) is 18.2. The highest BCUT2D eigenvalue weighted by Gasteiger charge is 2.25. The van der Waals surface area contributed by atoms with E-state index in [4.69, 9.17) is 0 Å². The number of amides is 2. The molecular weight excluding hydrogens is 366 g/mol. The van der Waals surface area contributed by atoms with Gasteiger partial charge in [0.05, 0.1) is 0 Å².